The predicted molar refractivity (Wildman–Crippen MR) is 218 cm³/mol. The number of aryl methyl sites for hydroxylation is 2. The van der Waals surface area contributed by atoms with Gasteiger partial charge in [-0.3, -0.25) is 24.4 Å². The van der Waals surface area contributed by atoms with Gasteiger partial charge in [-0.1, -0.05) is 18.5 Å². The van der Waals surface area contributed by atoms with Crippen molar-refractivity contribution >= 4 is 68.4 Å². The molecule has 4 atom stereocenters. The van der Waals surface area contributed by atoms with E-state index in [0.717, 1.165) is 49.0 Å². The van der Waals surface area contributed by atoms with Gasteiger partial charge in [0.2, 0.25) is 23.5 Å². The van der Waals surface area contributed by atoms with Crippen LogP contribution in [-0.4, -0.2) is 73.9 Å². The summed E-state index contributed by atoms with van der Waals surface area (Å²) in [4.78, 5) is 49.1. The average molecular weight is 828 g/mol. The van der Waals surface area contributed by atoms with Crippen LogP contribution in [0.5, 0.6) is 11.5 Å². The number of hydrogen-bond acceptors (Lipinski definition) is 11. The second kappa shape index (κ2) is 13.8. The number of alkyl halides is 2. The molecule has 14 nitrogen and oxygen atoms in total. The lowest BCUT2D eigenvalue weighted by molar-refractivity contribution is -0.134. The average Bonchev–Trinajstić information content (AvgIpc) is 4.00. The quantitative estimate of drug-likeness (QED) is 0.156. The van der Waals surface area contributed by atoms with Crippen molar-refractivity contribution < 1.29 is 27.8 Å². The molecule has 0 bridgehead atoms. The Morgan fingerprint density at radius 1 is 1.02 bits per heavy atom. The summed E-state index contributed by atoms with van der Waals surface area (Å²) in [5, 5.41) is 15.2. The third-order valence-electron chi connectivity index (χ3n) is 13.0. The Kier molecular flexibility index (Phi) is 8.82. The monoisotopic (exact) mass is 827 g/mol. The fraction of sp³-hybridized carbons (Fsp3) is 0.476. The molecule has 3 aliphatic heterocycles. The number of carbonyl (C=O) groups is 2. The number of aromatic nitrogens is 5. The highest BCUT2D eigenvalue weighted by molar-refractivity contribution is 6.33. The summed E-state index contributed by atoms with van der Waals surface area (Å²) in [6.07, 6.45) is 6.60. The Hall–Kier alpha value is -5.51. The van der Waals surface area contributed by atoms with Gasteiger partial charge in [-0.2, -0.15) is 10.1 Å². The first-order chi connectivity index (χ1) is 28.3. The molecular weight excluding hydrogens is 784 g/mol. The van der Waals surface area contributed by atoms with Crippen LogP contribution < -0.4 is 35.9 Å². The molecule has 59 heavy (non-hydrogen) atoms. The van der Waals surface area contributed by atoms with Crippen LogP contribution in [0.15, 0.2) is 47.4 Å². The summed E-state index contributed by atoms with van der Waals surface area (Å²) in [5.74, 6) is -2.45. The van der Waals surface area contributed by atoms with Gasteiger partial charge < -0.3 is 29.6 Å². The molecule has 3 aromatic heterocycles. The summed E-state index contributed by atoms with van der Waals surface area (Å²) in [7, 11) is 3.45. The highest BCUT2D eigenvalue weighted by Crippen LogP contribution is 2.49. The lowest BCUT2D eigenvalue weighted by Crippen LogP contribution is -2.60. The number of carbonyl (C=O) groups excluding carboxylic acids is 2. The molecule has 3 N–H and O–H groups in total. The number of pyridine rings is 1. The van der Waals surface area contributed by atoms with Crippen LogP contribution in [0, 0.1) is 17.3 Å². The van der Waals surface area contributed by atoms with Crippen molar-refractivity contribution in [3.05, 3.63) is 63.7 Å². The van der Waals surface area contributed by atoms with E-state index in [-0.39, 0.29) is 40.7 Å². The molecule has 2 amide bonds. The second-order valence-corrected chi connectivity index (χ2v) is 17.6. The van der Waals surface area contributed by atoms with E-state index < -0.39 is 30.0 Å². The molecule has 5 aromatic rings. The van der Waals surface area contributed by atoms with E-state index in [4.69, 9.17) is 26.1 Å². The number of ether oxygens (including phenoxy) is 2. The minimum absolute atomic E-state index is 0.0368. The van der Waals surface area contributed by atoms with Gasteiger partial charge in [0.1, 0.15) is 16.9 Å². The van der Waals surface area contributed by atoms with Gasteiger partial charge in [0.15, 0.2) is 12.4 Å². The number of anilines is 4. The number of imide groups is 1. The number of piperidine rings is 1. The number of amides is 2. The maximum atomic E-state index is 15.2. The van der Waals surface area contributed by atoms with Crippen LogP contribution >= 0.6 is 11.6 Å². The molecule has 2 aliphatic carbocycles. The number of nitrogens with zero attached hydrogens (tertiary/aromatic N) is 6. The third kappa shape index (κ3) is 6.59. The van der Waals surface area contributed by atoms with Crippen LogP contribution in [0.4, 0.5) is 31.9 Å². The van der Waals surface area contributed by atoms with Crippen LogP contribution in [0.1, 0.15) is 63.5 Å². The van der Waals surface area contributed by atoms with E-state index in [1.165, 1.54) is 4.57 Å². The maximum Gasteiger partial charge on any atom is 0.301 e. The molecule has 5 aliphatic rings. The molecule has 2 saturated heterocycles. The van der Waals surface area contributed by atoms with Gasteiger partial charge in [0, 0.05) is 61.5 Å². The first-order valence-corrected chi connectivity index (χ1v) is 20.6. The van der Waals surface area contributed by atoms with Crippen LogP contribution in [0.25, 0.3) is 21.8 Å². The number of fused-ring (bicyclic) bond motifs is 4. The van der Waals surface area contributed by atoms with E-state index in [0.29, 0.717) is 70.7 Å². The van der Waals surface area contributed by atoms with Gasteiger partial charge in [-0.05, 0) is 80.7 Å². The Labute approximate surface area is 342 Å². The van der Waals surface area contributed by atoms with Crippen molar-refractivity contribution in [3.63, 3.8) is 0 Å². The number of rotatable bonds is 7. The predicted octanol–water partition coefficient (Wildman–Crippen LogP) is 6.42. The fourth-order valence-corrected chi connectivity index (χ4v) is 9.90. The summed E-state index contributed by atoms with van der Waals surface area (Å²) in [6.45, 7) is 2.96. The highest BCUT2D eigenvalue weighted by atomic mass is 35.5. The van der Waals surface area contributed by atoms with Crippen molar-refractivity contribution in [2.45, 2.75) is 75.9 Å². The lowest BCUT2D eigenvalue weighted by atomic mass is 9.64. The molecular formula is C42H44ClF2N9O5. The summed E-state index contributed by atoms with van der Waals surface area (Å²) in [5.41, 5.74) is 2.62. The third-order valence-corrected chi connectivity index (χ3v) is 13.3. The van der Waals surface area contributed by atoms with Gasteiger partial charge in [0.05, 0.1) is 40.6 Å². The fourth-order valence-electron chi connectivity index (χ4n) is 9.76. The lowest BCUT2D eigenvalue weighted by Gasteiger charge is -2.55. The molecule has 10 rings (SSSR count). The van der Waals surface area contributed by atoms with E-state index in [1.807, 2.05) is 25.2 Å². The van der Waals surface area contributed by atoms with Crippen molar-refractivity contribution in [2.24, 2.45) is 31.3 Å². The number of hydrogen-bond donors (Lipinski definition) is 3. The van der Waals surface area contributed by atoms with Crippen molar-refractivity contribution in [1.29, 1.82) is 0 Å². The highest BCUT2D eigenvalue weighted by Gasteiger charge is 2.52. The van der Waals surface area contributed by atoms with Gasteiger partial charge >= 0.3 is 5.92 Å². The standard InChI is InChI=1S/C42H44ClF2N9O5/c1-21-16-41(13-12-31(21)59-24-7-8-25-30(15-24)53(3)51-33(25)26-9-11-32(55)48-38(26)56)18-54(19-41)40-46-17-28(43)37(50-40)47-23-6-10-29-27(14-23)34-35(39(57)52(29)2)58-20-42(44,45)36(49-34)22-4-5-22/h6-8,10,14-15,17,21-22,26,31,36,49H,4-5,9,11-13,16,18-20H2,1-3H3,(H,46,47,50)(H,48,55,56)/t21-,26?,31+,36+/m1/s1. The zero-order chi connectivity index (χ0) is 41.0. The largest absolute Gasteiger partial charge is 0.490 e. The summed E-state index contributed by atoms with van der Waals surface area (Å²) in [6, 6.07) is 10.1. The number of halogens is 3. The molecule has 6 heterocycles. The van der Waals surface area contributed by atoms with E-state index in [2.05, 4.69) is 37.9 Å². The van der Waals surface area contributed by atoms with Crippen LogP contribution in [0.3, 0.4) is 0 Å². The molecule has 4 fully saturated rings. The molecule has 2 aromatic carbocycles. The molecule has 308 valence electrons. The Morgan fingerprint density at radius 2 is 1.83 bits per heavy atom. The van der Waals surface area contributed by atoms with Crippen molar-refractivity contribution in [1.82, 2.24) is 29.6 Å². The van der Waals surface area contributed by atoms with Gasteiger partial charge in [0.25, 0.3) is 5.56 Å². The van der Waals surface area contributed by atoms with Gasteiger partial charge in [-0.25, -0.2) is 13.8 Å². The normalized spacial score (nSPS) is 24.8. The zero-order valence-corrected chi connectivity index (χ0v) is 33.6. The molecule has 2 saturated carbocycles. The van der Waals surface area contributed by atoms with Crippen molar-refractivity contribution in [2.75, 3.05) is 35.2 Å². The van der Waals surface area contributed by atoms with Gasteiger partial charge in [-0.15, -0.1) is 0 Å². The Morgan fingerprint density at radius 3 is 2.59 bits per heavy atom. The van der Waals surface area contributed by atoms with E-state index in [9.17, 15) is 14.4 Å². The SMILES string of the molecule is C[C@@H]1CC2(CC[C@@H]1Oc1ccc3c(C4CCC(=O)NC4=O)nn(C)c3c1)CN(c1ncc(Cl)c(Nc3ccc4c(c3)c3c(c(=O)n4C)OCC(F)(F)[C@H](C4CC4)N3)n1)C2. The molecule has 1 unspecified atom stereocenters. The topological polar surface area (TPSA) is 158 Å². The zero-order valence-electron chi connectivity index (χ0n) is 32.9. The summed E-state index contributed by atoms with van der Waals surface area (Å²) < 4.78 is 45.6. The maximum absolute atomic E-state index is 15.2. The smallest absolute Gasteiger partial charge is 0.301 e. The van der Waals surface area contributed by atoms with E-state index in [1.54, 1.807) is 36.1 Å². The minimum atomic E-state index is -3.14. The number of benzene rings is 2. The Bertz CT molecular complexity index is 2620. The molecule has 1 spiro atoms. The van der Waals surface area contributed by atoms with Crippen molar-refractivity contribution in [3.8, 4) is 11.5 Å². The summed E-state index contributed by atoms with van der Waals surface area (Å²) >= 11 is 6.62. The van der Waals surface area contributed by atoms with Crippen LogP contribution in [-0.2, 0) is 23.7 Å². The number of nitrogens with one attached hydrogen (secondary N) is 3. The first-order valence-electron chi connectivity index (χ1n) is 20.2. The van der Waals surface area contributed by atoms with E-state index >= 15 is 8.78 Å². The first kappa shape index (κ1) is 37.7. The molecule has 0 radical (unpaired) electrons. The Balaban J connectivity index is 0.814. The molecule has 17 heteroatoms. The van der Waals surface area contributed by atoms with Crippen LogP contribution in [0.2, 0.25) is 5.02 Å². The second-order valence-electron chi connectivity index (χ2n) is 17.2. The minimum Gasteiger partial charge on any atom is -0.490 e.